The van der Waals surface area contributed by atoms with Gasteiger partial charge in [0.2, 0.25) is 5.91 Å². The summed E-state index contributed by atoms with van der Waals surface area (Å²) < 4.78 is 5.26. The van der Waals surface area contributed by atoms with Crippen LogP contribution in [0.1, 0.15) is 72.8 Å². The molecular formula is C25H36N4O4. The molecule has 1 aliphatic carbocycles. The first kappa shape index (κ1) is 24.8. The molecule has 180 valence electrons. The Labute approximate surface area is 195 Å². The fraction of sp³-hybridized carbons (Fsp3) is 0.560. The Kier molecular flexibility index (Phi) is 8.49. The van der Waals surface area contributed by atoms with E-state index in [9.17, 15) is 14.7 Å². The normalized spacial score (nSPS) is 17.2. The number of carbonyl (C=O) groups is 2. The monoisotopic (exact) mass is 456 g/mol. The second-order valence-electron chi connectivity index (χ2n) is 8.72. The highest BCUT2D eigenvalue weighted by atomic mass is 16.5. The van der Waals surface area contributed by atoms with E-state index in [1.54, 1.807) is 12.1 Å². The third kappa shape index (κ3) is 6.35. The van der Waals surface area contributed by atoms with Gasteiger partial charge >= 0.3 is 0 Å². The highest BCUT2D eigenvalue weighted by molar-refractivity contribution is 5.92. The Bertz CT molecular complexity index is 946. The van der Waals surface area contributed by atoms with Gasteiger partial charge in [-0.25, -0.2) is 0 Å². The van der Waals surface area contributed by atoms with Gasteiger partial charge in [0, 0.05) is 37.7 Å². The SMILES string of the molecule is CC.Cc1cc(CC(CN)C(=O)N2CCC(NC(=O)c3cc(C4CC4)on3)CC2)ccc1O. The van der Waals surface area contributed by atoms with Gasteiger partial charge in [0.1, 0.15) is 11.5 Å². The van der Waals surface area contributed by atoms with E-state index < -0.39 is 0 Å². The second kappa shape index (κ2) is 11.3. The highest BCUT2D eigenvalue weighted by Gasteiger charge is 2.31. The van der Waals surface area contributed by atoms with Crippen molar-refractivity contribution in [2.75, 3.05) is 19.6 Å². The molecule has 2 aromatic rings. The van der Waals surface area contributed by atoms with E-state index in [0.717, 1.165) is 29.7 Å². The van der Waals surface area contributed by atoms with Crippen molar-refractivity contribution >= 4 is 11.8 Å². The first-order chi connectivity index (χ1) is 15.9. The van der Waals surface area contributed by atoms with Crippen LogP contribution < -0.4 is 11.1 Å². The van der Waals surface area contributed by atoms with Gasteiger partial charge < -0.3 is 25.6 Å². The third-order valence-electron chi connectivity index (χ3n) is 6.26. The lowest BCUT2D eigenvalue weighted by Gasteiger charge is -2.34. The van der Waals surface area contributed by atoms with Crippen molar-refractivity contribution in [1.29, 1.82) is 0 Å². The van der Waals surface area contributed by atoms with Gasteiger partial charge in [0.05, 0.1) is 5.92 Å². The summed E-state index contributed by atoms with van der Waals surface area (Å²) in [6.07, 6.45) is 4.13. The Morgan fingerprint density at radius 3 is 2.52 bits per heavy atom. The molecule has 8 heteroatoms. The molecule has 0 bridgehead atoms. The zero-order valence-corrected chi connectivity index (χ0v) is 19.8. The van der Waals surface area contributed by atoms with E-state index >= 15 is 0 Å². The van der Waals surface area contributed by atoms with Gasteiger partial charge in [-0.3, -0.25) is 9.59 Å². The topological polar surface area (TPSA) is 122 Å². The molecule has 0 radical (unpaired) electrons. The van der Waals surface area contributed by atoms with E-state index in [1.165, 1.54) is 0 Å². The van der Waals surface area contributed by atoms with Crippen LogP contribution >= 0.6 is 0 Å². The fourth-order valence-electron chi connectivity index (χ4n) is 4.12. The number of benzene rings is 1. The van der Waals surface area contributed by atoms with Gasteiger partial charge in [-0.1, -0.05) is 31.1 Å². The quantitative estimate of drug-likeness (QED) is 0.588. The van der Waals surface area contributed by atoms with Gasteiger partial charge in [0.15, 0.2) is 5.69 Å². The van der Waals surface area contributed by atoms with Crippen molar-refractivity contribution < 1.29 is 19.2 Å². The van der Waals surface area contributed by atoms with E-state index in [1.807, 2.05) is 37.8 Å². The maximum Gasteiger partial charge on any atom is 0.273 e. The molecule has 4 N–H and O–H groups in total. The molecule has 4 rings (SSSR count). The number of nitrogens with two attached hydrogens (primary N) is 1. The Morgan fingerprint density at radius 1 is 1.21 bits per heavy atom. The molecule has 33 heavy (non-hydrogen) atoms. The van der Waals surface area contributed by atoms with Crippen molar-refractivity contribution in [2.24, 2.45) is 11.7 Å². The number of carbonyl (C=O) groups excluding carboxylic acids is 2. The lowest BCUT2D eigenvalue weighted by Crippen LogP contribution is -2.49. The van der Waals surface area contributed by atoms with Crippen LogP contribution in [-0.4, -0.2) is 52.7 Å². The number of aryl methyl sites for hydroxylation is 1. The molecule has 1 saturated heterocycles. The Morgan fingerprint density at radius 2 is 1.91 bits per heavy atom. The summed E-state index contributed by atoms with van der Waals surface area (Å²) in [4.78, 5) is 27.3. The van der Waals surface area contributed by atoms with Crippen molar-refractivity contribution in [2.45, 2.75) is 64.8 Å². The molecule has 2 amide bonds. The number of nitrogens with zero attached hydrogens (tertiary/aromatic N) is 2. The Hall–Kier alpha value is -2.87. The van der Waals surface area contributed by atoms with Crippen molar-refractivity contribution in [1.82, 2.24) is 15.4 Å². The van der Waals surface area contributed by atoms with Gasteiger partial charge in [0.25, 0.3) is 5.91 Å². The molecule has 1 aromatic heterocycles. The summed E-state index contributed by atoms with van der Waals surface area (Å²) in [5.41, 5.74) is 8.01. The van der Waals surface area contributed by atoms with Crippen molar-refractivity contribution in [3.63, 3.8) is 0 Å². The van der Waals surface area contributed by atoms with Crippen LogP contribution in [-0.2, 0) is 11.2 Å². The van der Waals surface area contributed by atoms with E-state index in [4.69, 9.17) is 10.3 Å². The van der Waals surface area contributed by atoms with Gasteiger partial charge in [-0.2, -0.15) is 0 Å². The third-order valence-corrected chi connectivity index (χ3v) is 6.26. The second-order valence-corrected chi connectivity index (χ2v) is 8.72. The molecule has 1 saturated carbocycles. The summed E-state index contributed by atoms with van der Waals surface area (Å²) >= 11 is 0. The number of nitrogens with one attached hydrogen (secondary N) is 1. The number of phenols is 1. The molecule has 2 aliphatic rings. The predicted octanol–water partition coefficient (Wildman–Crippen LogP) is 3.13. The van der Waals surface area contributed by atoms with Crippen LogP contribution in [0.2, 0.25) is 0 Å². The number of aromatic hydroxyl groups is 1. The van der Waals surface area contributed by atoms with Crippen LogP contribution in [0, 0.1) is 12.8 Å². The average Bonchev–Trinajstić information content (AvgIpc) is 3.57. The molecule has 0 spiro atoms. The molecule has 2 fully saturated rings. The number of piperidine rings is 1. The van der Waals surface area contributed by atoms with Gasteiger partial charge in [-0.05, 0) is 56.2 Å². The summed E-state index contributed by atoms with van der Waals surface area (Å²) in [6.45, 7) is 7.27. The largest absolute Gasteiger partial charge is 0.508 e. The number of amides is 2. The van der Waals surface area contributed by atoms with E-state index in [-0.39, 0.29) is 36.1 Å². The molecule has 8 nitrogen and oxygen atoms in total. The maximum atomic E-state index is 13.0. The zero-order valence-electron chi connectivity index (χ0n) is 19.8. The molecule has 1 atom stereocenters. The lowest BCUT2D eigenvalue weighted by atomic mass is 9.95. The summed E-state index contributed by atoms with van der Waals surface area (Å²) in [7, 11) is 0. The first-order valence-corrected chi connectivity index (χ1v) is 12.0. The minimum absolute atomic E-state index is 0.00806. The highest BCUT2D eigenvalue weighted by Crippen LogP contribution is 2.40. The summed E-state index contributed by atoms with van der Waals surface area (Å²) in [5.74, 6) is 0.988. The molecule has 1 aromatic carbocycles. The maximum absolute atomic E-state index is 13.0. The lowest BCUT2D eigenvalue weighted by molar-refractivity contribution is -0.136. The zero-order chi connectivity index (χ0) is 24.0. The predicted molar refractivity (Wildman–Crippen MR) is 126 cm³/mol. The van der Waals surface area contributed by atoms with Crippen molar-refractivity contribution in [3.05, 3.63) is 46.8 Å². The number of phenolic OH excluding ortho intramolecular Hbond substituents is 1. The average molecular weight is 457 g/mol. The molecule has 1 aliphatic heterocycles. The molecule has 1 unspecified atom stereocenters. The molecule has 2 heterocycles. The van der Waals surface area contributed by atoms with Crippen LogP contribution in [0.15, 0.2) is 28.8 Å². The Balaban J connectivity index is 0.00000149. The van der Waals surface area contributed by atoms with E-state index in [0.29, 0.717) is 44.0 Å². The van der Waals surface area contributed by atoms with Crippen LogP contribution in [0.3, 0.4) is 0 Å². The van der Waals surface area contributed by atoms with Crippen LogP contribution in [0.25, 0.3) is 0 Å². The minimum atomic E-state index is -0.300. The number of hydrogen-bond acceptors (Lipinski definition) is 6. The number of aromatic nitrogens is 1. The number of likely N-dealkylation sites (tertiary alicyclic amines) is 1. The number of rotatable bonds is 7. The van der Waals surface area contributed by atoms with Crippen molar-refractivity contribution in [3.8, 4) is 5.75 Å². The fourth-order valence-corrected chi connectivity index (χ4v) is 4.12. The molecular weight excluding hydrogens is 420 g/mol. The van der Waals surface area contributed by atoms with Gasteiger partial charge in [-0.15, -0.1) is 0 Å². The summed E-state index contributed by atoms with van der Waals surface area (Å²) in [6, 6.07) is 7.13. The standard InChI is InChI=1S/C23H30N4O4.C2H6/c1-14-10-15(2-5-20(14)28)11-17(13-24)23(30)27-8-6-18(7-9-27)25-22(29)19-12-21(31-26-19)16-3-4-16;1-2/h2,5,10,12,16-18,28H,3-4,6-9,11,13,24H2,1H3,(H,25,29);1-2H3. The number of hydrogen-bond donors (Lipinski definition) is 3. The smallest absolute Gasteiger partial charge is 0.273 e. The summed E-state index contributed by atoms with van der Waals surface area (Å²) in [5, 5.41) is 16.6. The van der Waals surface area contributed by atoms with E-state index in [2.05, 4.69) is 10.5 Å². The minimum Gasteiger partial charge on any atom is -0.508 e. The first-order valence-electron chi connectivity index (χ1n) is 12.0. The van der Waals surface area contributed by atoms with Crippen LogP contribution in [0.5, 0.6) is 5.75 Å². The van der Waals surface area contributed by atoms with Crippen LogP contribution in [0.4, 0.5) is 0 Å².